The number of methoxy groups -OCH3 is 1. The molecule has 0 aromatic carbocycles. The van der Waals surface area contributed by atoms with Gasteiger partial charge in [0.05, 0.1) is 0 Å². The summed E-state index contributed by atoms with van der Waals surface area (Å²) in [6, 6.07) is 0. The lowest BCUT2D eigenvalue weighted by Crippen LogP contribution is -2.51. The molecular formula is C12H26N2OS. The molecule has 0 aliphatic carbocycles. The SMILES string of the molecule is CCC(CC)(CC)NC(=S)NCCCOC. The van der Waals surface area contributed by atoms with Gasteiger partial charge in [-0.15, -0.1) is 0 Å². The fraction of sp³-hybridized carbons (Fsp3) is 0.917. The van der Waals surface area contributed by atoms with Crippen LogP contribution in [0.2, 0.25) is 0 Å². The van der Waals surface area contributed by atoms with Crippen LogP contribution in [0.4, 0.5) is 0 Å². The van der Waals surface area contributed by atoms with Gasteiger partial charge in [0.1, 0.15) is 0 Å². The molecule has 0 amide bonds. The lowest BCUT2D eigenvalue weighted by molar-refractivity contribution is 0.195. The van der Waals surface area contributed by atoms with Crippen molar-refractivity contribution in [1.29, 1.82) is 0 Å². The molecule has 0 aromatic heterocycles. The van der Waals surface area contributed by atoms with Gasteiger partial charge in [-0.25, -0.2) is 0 Å². The number of nitrogens with one attached hydrogen (secondary N) is 2. The van der Waals surface area contributed by atoms with E-state index in [2.05, 4.69) is 31.4 Å². The molecule has 0 bridgehead atoms. The molecule has 0 aliphatic heterocycles. The van der Waals surface area contributed by atoms with Crippen LogP contribution in [0.1, 0.15) is 46.5 Å². The summed E-state index contributed by atoms with van der Waals surface area (Å²) in [5.74, 6) is 0. The van der Waals surface area contributed by atoms with E-state index in [0.29, 0.717) is 0 Å². The number of hydrogen-bond donors (Lipinski definition) is 2. The highest BCUT2D eigenvalue weighted by Crippen LogP contribution is 2.18. The molecule has 3 nitrogen and oxygen atoms in total. The van der Waals surface area contributed by atoms with Gasteiger partial charge in [-0.05, 0) is 37.9 Å². The molecule has 16 heavy (non-hydrogen) atoms. The van der Waals surface area contributed by atoms with Crippen LogP contribution in [0.15, 0.2) is 0 Å². The first-order valence-corrected chi connectivity index (χ1v) is 6.59. The summed E-state index contributed by atoms with van der Waals surface area (Å²) in [6.07, 6.45) is 4.27. The summed E-state index contributed by atoms with van der Waals surface area (Å²) < 4.78 is 4.98. The van der Waals surface area contributed by atoms with Crippen molar-refractivity contribution in [1.82, 2.24) is 10.6 Å². The minimum atomic E-state index is 0.158. The fourth-order valence-corrected chi connectivity index (χ4v) is 2.04. The van der Waals surface area contributed by atoms with Gasteiger partial charge >= 0.3 is 0 Å². The molecule has 0 unspecified atom stereocenters. The molecule has 96 valence electrons. The maximum absolute atomic E-state index is 5.29. The van der Waals surface area contributed by atoms with Gasteiger partial charge in [-0.1, -0.05) is 20.8 Å². The van der Waals surface area contributed by atoms with Crippen molar-refractivity contribution < 1.29 is 4.74 Å². The Morgan fingerprint density at radius 3 is 2.19 bits per heavy atom. The average Bonchev–Trinajstić information content (AvgIpc) is 2.32. The van der Waals surface area contributed by atoms with Crippen LogP contribution in [0.5, 0.6) is 0 Å². The molecule has 0 atom stereocenters. The van der Waals surface area contributed by atoms with Crippen LogP contribution in [0.25, 0.3) is 0 Å². The summed E-state index contributed by atoms with van der Waals surface area (Å²) >= 11 is 5.29. The summed E-state index contributed by atoms with van der Waals surface area (Å²) in [5, 5.41) is 7.42. The summed E-state index contributed by atoms with van der Waals surface area (Å²) in [4.78, 5) is 0. The second-order valence-electron chi connectivity index (χ2n) is 4.07. The molecule has 0 fully saturated rings. The smallest absolute Gasteiger partial charge is 0.166 e. The van der Waals surface area contributed by atoms with Gasteiger partial charge in [0.25, 0.3) is 0 Å². The fourth-order valence-electron chi connectivity index (χ4n) is 1.72. The van der Waals surface area contributed by atoms with E-state index in [0.717, 1.165) is 43.9 Å². The van der Waals surface area contributed by atoms with Crippen molar-refractivity contribution in [3.8, 4) is 0 Å². The number of ether oxygens (including phenoxy) is 1. The van der Waals surface area contributed by atoms with Gasteiger partial charge in [0.15, 0.2) is 5.11 Å². The minimum absolute atomic E-state index is 0.158. The van der Waals surface area contributed by atoms with Gasteiger partial charge in [0.2, 0.25) is 0 Å². The Morgan fingerprint density at radius 2 is 1.75 bits per heavy atom. The standard InChI is InChI=1S/C12H26N2OS/c1-5-12(6-2,7-3)14-11(16)13-9-8-10-15-4/h5-10H2,1-4H3,(H2,13,14,16). The normalized spacial score (nSPS) is 11.2. The summed E-state index contributed by atoms with van der Waals surface area (Å²) in [7, 11) is 1.72. The zero-order valence-corrected chi connectivity index (χ0v) is 11.9. The van der Waals surface area contributed by atoms with Gasteiger partial charge in [0, 0.05) is 25.8 Å². The largest absolute Gasteiger partial charge is 0.385 e. The van der Waals surface area contributed by atoms with Crippen molar-refractivity contribution >= 4 is 17.3 Å². The highest BCUT2D eigenvalue weighted by atomic mass is 32.1. The summed E-state index contributed by atoms with van der Waals surface area (Å²) in [6.45, 7) is 8.25. The van der Waals surface area contributed by atoms with E-state index in [-0.39, 0.29) is 5.54 Å². The molecule has 0 aliphatic rings. The van der Waals surface area contributed by atoms with Crippen LogP contribution in [0.3, 0.4) is 0 Å². The van der Waals surface area contributed by atoms with E-state index >= 15 is 0 Å². The van der Waals surface area contributed by atoms with E-state index in [9.17, 15) is 0 Å². The van der Waals surface area contributed by atoms with E-state index in [4.69, 9.17) is 17.0 Å². The molecule has 0 heterocycles. The first kappa shape index (κ1) is 15.7. The molecule has 0 spiro atoms. The second kappa shape index (κ2) is 8.76. The first-order chi connectivity index (χ1) is 7.64. The van der Waals surface area contributed by atoms with Crippen LogP contribution in [-0.2, 0) is 4.74 Å². The quantitative estimate of drug-likeness (QED) is 0.509. The topological polar surface area (TPSA) is 33.3 Å². The molecule has 0 saturated heterocycles. The lowest BCUT2D eigenvalue weighted by atomic mass is 9.90. The monoisotopic (exact) mass is 246 g/mol. The lowest BCUT2D eigenvalue weighted by Gasteiger charge is -2.33. The average molecular weight is 246 g/mol. The van der Waals surface area contributed by atoms with Crippen LogP contribution in [-0.4, -0.2) is 30.9 Å². The third-order valence-corrected chi connectivity index (χ3v) is 3.47. The highest BCUT2D eigenvalue weighted by molar-refractivity contribution is 7.80. The van der Waals surface area contributed by atoms with Crippen molar-refractivity contribution in [2.75, 3.05) is 20.3 Å². The number of rotatable bonds is 8. The minimum Gasteiger partial charge on any atom is -0.385 e. The Kier molecular flexibility index (Phi) is 8.57. The second-order valence-corrected chi connectivity index (χ2v) is 4.48. The molecular weight excluding hydrogens is 220 g/mol. The molecule has 0 aromatic rings. The molecule has 0 saturated carbocycles. The number of hydrogen-bond acceptors (Lipinski definition) is 2. The Bertz CT molecular complexity index is 185. The van der Waals surface area contributed by atoms with Crippen molar-refractivity contribution in [3.05, 3.63) is 0 Å². The van der Waals surface area contributed by atoms with Crippen molar-refractivity contribution in [2.24, 2.45) is 0 Å². The van der Waals surface area contributed by atoms with E-state index in [1.54, 1.807) is 7.11 Å². The van der Waals surface area contributed by atoms with E-state index in [1.165, 1.54) is 0 Å². The summed E-state index contributed by atoms with van der Waals surface area (Å²) in [5.41, 5.74) is 0.158. The predicted molar refractivity (Wildman–Crippen MR) is 73.8 cm³/mol. The van der Waals surface area contributed by atoms with Gasteiger partial charge < -0.3 is 15.4 Å². The van der Waals surface area contributed by atoms with Crippen molar-refractivity contribution in [3.63, 3.8) is 0 Å². The van der Waals surface area contributed by atoms with Crippen LogP contribution in [0, 0.1) is 0 Å². The zero-order valence-electron chi connectivity index (χ0n) is 11.1. The Balaban J connectivity index is 3.91. The van der Waals surface area contributed by atoms with Gasteiger partial charge in [-0.2, -0.15) is 0 Å². The Morgan fingerprint density at radius 1 is 1.19 bits per heavy atom. The number of thiocarbonyl (C=S) groups is 1. The first-order valence-electron chi connectivity index (χ1n) is 6.19. The highest BCUT2D eigenvalue weighted by Gasteiger charge is 2.23. The Labute approximate surface area is 105 Å². The molecule has 0 rings (SSSR count). The Hall–Kier alpha value is -0.350. The zero-order chi connectivity index (χ0) is 12.4. The molecule has 2 N–H and O–H groups in total. The third-order valence-electron chi connectivity index (χ3n) is 3.22. The molecule has 0 radical (unpaired) electrons. The van der Waals surface area contributed by atoms with Gasteiger partial charge in [-0.3, -0.25) is 0 Å². The van der Waals surface area contributed by atoms with Crippen LogP contribution < -0.4 is 10.6 Å². The maximum atomic E-state index is 5.29. The predicted octanol–water partition coefficient (Wildman–Crippen LogP) is 2.46. The third kappa shape index (κ3) is 5.66. The van der Waals surface area contributed by atoms with Crippen molar-refractivity contribution in [2.45, 2.75) is 52.0 Å². The molecule has 4 heteroatoms. The van der Waals surface area contributed by atoms with E-state index in [1.807, 2.05) is 0 Å². The van der Waals surface area contributed by atoms with Crippen LogP contribution >= 0.6 is 12.2 Å². The van der Waals surface area contributed by atoms with E-state index < -0.39 is 0 Å². The maximum Gasteiger partial charge on any atom is 0.166 e.